The van der Waals surface area contributed by atoms with E-state index in [4.69, 9.17) is 4.52 Å². The lowest BCUT2D eigenvalue weighted by molar-refractivity contribution is -0.126. The summed E-state index contributed by atoms with van der Waals surface area (Å²) in [5, 5.41) is 7.06. The van der Waals surface area contributed by atoms with Crippen LogP contribution in [0.25, 0.3) is 11.3 Å². The topological polar surface area (TPSA) is 72.2 Å². The highest BCUT2D eigenvalue weighted by Crippen LogP contribution is 2.48. The van der Waals surface area contributed by atoms with Crippen molar-refractivity contribution < 1.29 is 14.1 Å². The molecule has 2 aromatic rings. The van der Waals surface area contributed by atoms with Crippen molar-refractivity contribution in [3.05, 3.63) is 42.1 Å². The van der Waals surface area contributed by atoms with Gasteiger partial charge in [-0.25, -0.2) is 0 Å². The number of hydrogen-bond donors (Lipinski definition) is 1. The van der Waals surface area contributed by atoms with Gasteiger partial charge in [0, 0.05) is 17.4 Å². The zero-order valence-electron chi connectivity index (χ0n) is 12.5. The van der Waals surface area contributed by atoms with Crippen LogP contribution < -0.4 is 5.32 Å². The summed E-state index contributed by atoms with van der Waals surface area (Å²) in [5.74, 6) is 1.33. The fourth-order valence-corrected chi connectivity index (χ4v) is 3.82. The van der Waals surface area contributed by atoms with Gasteiger partial charge in [0.2, 0.25) is 11.0 Å². The van der Waals surface area contributed by atoms with Crippen LogP contribution in [0.4, 0.5) is 0 Å². The van der Waals surface area contributed by atoms with Gasteiger partial charge in [0.15, 0.2) is 5.76 Å². The van der Waals surface area contributed by atoms with Crippen LogP contribution in [0.1, 0.15) is 25.0 Å². The number of nitrogens with one attached hydrogen (secondary N) is 1. The van der Waals surface area contributed by atoms with Gasteiger partial charge in [-0.3, -0.25) is 9.59 Å². The van der Waals surface area contributed by atoms with Crippen molar-refractivity contribution in [3.8, 4) is 11.3 Å². The summed E-state index contributed by atoms with van der Waals surface area (Å²) in [5.41, 5.74) is 0.973. The predicted octanol–water partition coefficient (Wildman–Crippen LogP) is 2.52. The SMILES string of the molecule is O=C1SCCC1NC(=O)C1(c2cc(-c3ccccc3)on2)CC1. The summed E-state index contributed by atoms with van der Waals surface area (Å²) in [7, 11) is 0. The zero-order valence-corrected chi connectivity index (χ0v) is 13.3. The molecule has 1 aliphatic heterocycles. The van der Waals surface area contributed by atoms with E-state index in [1.165, 1.54) is 11.8 Å². The largest absolute Gasteiger partial charge is 0.356 e. The Morgan fingerprint density at radius 1 is 1.30 bits per heavy atom. The van der Waals surface area contributed by atoms with Crippen molar-refractivity contribution in [2.75, 3.05) is 5.75 Å². The molecule has 1 amide bonds. The number of nitrogens with zero attached hydrogens (tertiary/aromatic N) is 1. The second-order valence-corrected chi connectivity index (χ2v) is 7.11. The minimum Gasteiger partial charge on any atom is -0.356 e. The van der Waals surface area contributed by atoms with Crippen LogP contribution in [0.3, 0.4) is 0 Å². The van der Waals surface area contributed by atoms with Gasteiger partial charge >= 0.3 is 0 Å². The molecule has 1 aromatic heterocycles. The Labute approximate surface area is 137 Å². The Kier molecular flexibility index (Phi) is 3.49. The molecule has 1 saturated heterocycles. The standard InChI is InChI=1S/C17H16N2O3S/c20-15-12(6-9-23-15)18-16(21)17(7-8-17)14-10-13(22-19-14)11-4-2-1-3-5-11/h1-5,10,12H,6-9H2,(H,18,21). The quantitative estimate of drug-likeness (QED) is 0.934. The van der Waals surface area contributed by atoms with Gasteiger partial charge in [-0.2, -0.15) is 0 Å². The number of hydrogen-bond acceptors (Lipinski definition) is 5. The molecule has 1 atom stereocenters. The van der Waals surface area contributed by atoms with E-state index >= 15 is 0 Å². The molecule has 4 rings (SSSR count). The molecule has 5 nitrogen and oxygen atoms in total. The van der Waals surface area contributed by atoms with Crippen LogP contribution in [-0.2, 0) is 15.0 Å². The molecule has 2 heterocycles. The number of benzene rings is 1. The Bertz CT molecular complexity index is 752. The van der Waals surface area contributed by atoms with Crippen molar-refractivity contribution in [2.24, 2.45) is 0 Å². The molecule has 0 spiro atoms. The molecule has 1 unspecified atom stereocenters. The highest BCUT2D eigenvalue weighted by molar-refractivity contribution is 8.14. The average molecular weight is 328 g/mol. The predicted molar refractivity (Wildman–Crippen MR) is 86.9 cm³/mol. The highest BCUT2D eigenvalue weighted by Gasteiger charge is 2.54. The summed E-state index contributed by atoms with van der Waals surface area (Å²) in [6, 6.07) is 11.2. The molecule has 1 aromatic carbocycles. The third-order valence-corrected chi connectivity index (χ3v) is 5.49. The molecule has 2 aliphatic rings. The van der Waals surface area contributed by atoms with E-state index in [-0.39, 0.29) is 17.1 Å². The van der Waals surface area contributed by atoms with Crippen molar-refractivity contribution in [1.82, 2.24) is 10.5 Å². The number of carbonyl (C=O) groups excluding carboxylic acids is 2. The summed E-state index contributed by atoms with van der Waals surface area (Å²) in [4.78, 5) is 24.3. The molecule has 2 fully saturated rings. The Balaban J connectivity index is 1.54. The van der Waals surface area contributed by atoms with E-state index in [9.17, 15) is 9.59 Å². The fraction of sp³-hybridized carbons (Fsp3) is 0.353. The first-order valence-corrected chi connectivity index (χ1v) is 8.68. The fourth-order valence-electron chi connectivity index (χ4n) is 2.89. The van der Waals surface area contributed by atoms with Crippen molar-refractivity contribution in [1.29, 1.82) is 0 Å². The van der Waals surface area contributed by atoms with Crippen LogP contribution in [0.15, 0.2) is 40.9 Å². The first-order valence-electron chi connectivity index (χ1n) is 7.69. The lowest BCUT2D eigenvalue weighted by Gasteiger charge is -2.15. The van der Waals surface area contributed by atoms with Crippen LogP contribution in [0.5, 0.6) is 0 Å². The van der Waals surface area contributed by atoms with E-state index in [0.29, 0.717) is 17.9 Å². The number of amides is 1. The van der Waals surface area contributed by atoms with E-state index in [1.54, 1.807) is 0 Å². The van der Waals surface area contributed by atoms with E-state index in [2.05, 4.69) is 10.5 Å². The highest BCUT2D eigenvalue weighted by atomic mass is 32.2. The molecule has 1 saturated carbocycles. The third kappa shape index (κ3) is 2.57. The first kappa shape index (κ1) is 14.5. The molecule has 118 valence electrons. The molecule has 0 bridgehead atoms. The Morgan fingerprint density at radius 2 is 2.09 bits per heavy atom. The molecular weight excluding hydrogens is 312 g/mol. The number of aromatic nitrogens is 1. The number of carbonyl (C=O) groups is 2. The van der Waals surface area contributed by atoms with Gasteiger partial charge < -0.3 is 9.84 Å². The van der Waals surface area contributed by atoms with Crippen LogP contribution in [0, 0.1) is 0 Å². The van der Waals surface area contributed by atoms with Crippen molar-refractivity contribution >= 4 is 22.8 Å². The Hall–Kier alpha value is -2.08. The van der Waals surface area contributed by atoms with Gasteiger partial charge in [0.25, 0.3) is 0 Å². The lowest BCUT2D eigenvalue weighted by Crippen LogP contribution is -2.43. The second kappa shape index (κ2) is 5.53. The first-order chi connectivity index (χ1) is 11.2. The van der Waals surface area contributed by atoms with Gasteiger partial charge in [-0.15, -0.1) is 0 Å². The number of rotatable bonds is 4. The van der Waals surface area contributed by atoms with Gasteiger partial charge in [0.1, 0.15) is 0 Å². The molecule has 1 aliphatic carbocycles. The lowest BCUT2D eigenvalue weighted by atomic mass is 9.99. The second-order valence-electron chi connectivity index (χ2n) is 6.01. The van der Waals surface area contributed by atoms with Gasteiger partial charge in [-0.05, 0) is 19.3 Å². The summed E-state index contributed by atoms with van der Waals surface area (Å²) < 4.78 is 5.42. The third-order valence-electron chi connectivity index (χ3n) is 4.48. The maximum absolute atomic E-state index is 12.6. The van der Waals surface area contributed by atoms with Crippen LogP contribution in [-0.4, -0.2) is 28.0 Å². The maximum Gasteiger partial charge on any atom is 0.233 e. The minimum absolute atomic E-state index is 0.0549. The smallest absolute Gasteiger partial charge is 0.233 e. The average Bonchev–Trinajstić information content (AvgIpc) is 3.06. The minimum atomic E-state index is -0.621. The van der Waals surface area contributed by atoms with Gasteiger partial charge in [-0.1, -0.05) is 47.3 Å². The molecule has 6 heteroatoms. The summed E-state index contributed by atoms with van der Waals surface area (Å²) in [6.07, 6.45) is 2.20. The van der Waals surface area contributed by atoms with Crippen LogP contribution >= 0.6 is 11.8 Å². The zero-order chi connectivity index (χ0) is 15.9. The van der Waals surface area contributed by atoms with E-state index in [1.807, 2.05) is 36.4 Å². The summed E-state index contributed by atoms with van der Waals surface area (Å²) in [6.45, 7) is 0. The molecule has 0 radical (unpaired) electrons. The summed E-state index contributed by atoms with van der Waals surface area (Å²) >= 11 is 1.29. The van der Waals surface area contributed by atoms with Gasteiger partial charge in [0.05, 0.1) is 17.2 Å². The Morgan fingerprint density at radius 3 is 2.74 bits per heavy atom. The van der Waals surface area contributed by atoms with E-state index in [0.717, 1.165) is 24.2 Å². The monoisotopic (exact) mass is 328 g/mol. The molecule has 23 heavy (non-hydrogen) atoms. The number of thioether (sulfide) groups is 1. The normalized spacial score (nSPS) is 22.1. The maximum atomic E-state index is 12.6. The van der Waals surface area contributed by atoms with Crippen molar-refractivity contribution in [3.63, 3.8) is 0 Å². The molecular formula is C17H16N2O3S. The van der Waals surface area contributed by atoms with Crippen LogP contribution in [0.2, 0.25) is 0 Å². The molecule has 1 N–H and O–H groups in total. The van der Waals surface area contributed by atoms with E-state index < -0.39 is 5.41 Å². The van der Waals surface area contributed by atoms with Crippen molar-refractivity contribution in [2.45, 2.75) is 30.7 Å².